The lowest BCUT2D eigenvalue weighted by Crippen LogP contribution is -2.41. The molecular weight excluding hydrogens is 356 g/mol. The van der Waals surface area contributed by atoms with Crippen molar-refractivity contribution in [2.45, 2.75) is 46.1 Å². The molecule has 4 heterocycles. The third-order valence-electron chi connectivity index (χ3n) is 5.19. The third kappa shape index (κ3) is 3.67. The largest absolute Gasteiger partial charge is 0.356 e. The Kier molecular flexibility index (Phi) is 4.93. The van der Waals surface area contributed by atoms with E-state index in [1.54, 1.807) is 17.2 Å². The molecule has 8 heteroatoms. The van der Waals surface area contributed by atoms with E-state index in [2.05, 4.69) is 20.2 Å². The van der Waals surface area contributed by atoms with Crippen LogP contribution < -0.4 is 0 Å². The maximum Gasteiger partial charge on any atom is 0.244 e. The Morgan fingerprint density at radius 1 is 1.25 bits per heavy atom. The summed E-state index contributed by atoms with van der Waals surface area (Å²) >= 11 is 0. The molecule has 0 saturated carbocycles. The van der Waals surface area contributed by atoms with E-state index >= 15 is 0 Å². The SMILES string of the molecule is Cc1cc(-c2cncnc2C2CCCN(C(=O)Cn3nc(C)cc3C)C2)on1. The number of hydrogen-bond donors (Lipinski definition) is 0. The fraction of sp³-hybridized carbons (Fsp3) is 0.450. The molecule has 1 aliphatic rings. The van der Waals surface area contributed by atoms with Gasteiger partial charge >= 0.3 is 0 Å². The fourth-order valence-electron chi connectivity index (χ4n) is 3.83. The number of amides is 1. The first-order chi connectivity index (χ1) is 13.5. The van der Waals surface area contributed by atoms with Gasteiger partial charge in [0.1, 0.15) is 12.9 Å². The second-order valence-corrected chi connectivity index (χ2v) is 7.42. The van der Waals surface area contributed by atoms with Gasteiger partial charge < -0.3 is 9.42 Å². The van der Waals surface area contributed by atoms with Crippen molar-refractivity contribution in [3.63, 3.8) is 0 Å². The number of hydrogen-bond acceptors (Lipinski definition) is 6. The van der Waals surface area contributed by atoms with Crippen molar-refractivity contribution in [2.24, 2.45) is 0 Å². The third-order valence-corrected chi connectivity index (χ3v) is 5.19. The maximum atomic E-state index is 12.9. The molecule has 1 amide bonds. The molecule has 1 fully saturated rings. The zero-order valence-corrected chi connectivity index (χ0v) is 16.4. The summed E-state index contributed by atoms with van der Waals surface area (Å²) < 4.78 is 7.20. The normalized spacial score (nSPS) is 17.1. The van der Waals surface area contributed by atoms with Gasteiger partial charge in [-0.1, -0.05) is 5.16 Å². The molecule has 0 aliphatic carbocycles. The lowest BCUT2D eigenvalue weighted by atomic mass is 9.91. The Bertz CT molecular complexity index is 992. The molecule has 1 aliphatic heterocycles. The summed E-state index contributed by atoms with van der Waals surface area (Å²) in [5.41, 5.74) is 4.50. The minimum Gasteiger partial charge on any atom is -0.356 e. The molecule has 3 aromatic heterocycles. The lowest BCUT2D eigenvalue weighted by Gasteiger charge is -2.33. The van der Waals surface area contributed by atoms with Crippen LogP contribution in [0.15, 0.2) is 29.2 Å². The Labute approximate surface area is 163 Å². The van der Waals surface area contributed by atoms with E-state index in [-0.39, 0.29) is 18.4 Å². The van der Waals surface area contributed by atoms with Crippen molar-refractivity contribution in [1.82, 2.24) is 29.8 Å². The van der Waals surface area contributed by atoms with Crippen LogP contribution in [0.1, 0.15) is 41.5 Å². The molecule has 28 heavy (non-hydrogen) atoms. The van der Waals surface area contributed by atoms with Crippen molar-refractivity contribution in [2.75, 3.05) is 13.1 Å². The highest BCUT2D eigenvalue weighted by molar-refractivity contribution is 5.76. The summed E-state index contributed by atoms with van der Waals surface area (Å²) in [5.74, 6) is 0.891. The highest BCUT2D eigenvalue weighted by atomic mass is 16.5. The second-order valence-electron chi connectivity index (χ2n) is 7.42. The van der Waals surface area contributed by atoms with Gasteiger partial charge in [0.15, 0.2) is 5.76 Å². The van der Waals surface area contributed by atoms with E-state index in [1.807, 2.05) is 37.8 Å². The summed E-state index contributed by atoms with van der Waals surface area (Å²) in [5, 5.41) is 8.38. The number of aryl methyl sites for hydroxylation is 3. The number of carbonyl (C=O) groups is 1. The lowest BCUT2D eigenvalue weighted by molar-refractivity contribution is -0.133. The average Bonchev–Trinajstić information content (AvgIpc) is 3.26. The van der Waals surface area contributed by atoms with Gasteiger partial charge in [0.2, 0.25) is 5.91 Å². The van der Waals surface area contributed by atoms with Crippen molar-refractivity contribution in [3.05, 3.63) is 47.4 Å². The zero-order valence-electron chi connectivity index (χ0n) is 16.4. The summed E-state index contributed by atoms with van der Waals surface area (Å²) in [4.78, 5) is 23.5. The number of nitrogens with zero attached hydrogens (tertiary/aromatic N) is 6. The number of carbonyl (C=O) groups excluding carboxylic acids is 1. The van der Waals surface area contributed by atoms with Crippen molar-refractivity contribution >= 4 is 5.91 Å². The quantitative estimate of drug-likeness (QED) is 0.691. The molecule has 1 atom stereocenters. The predicted molar refractivity (Wildman–Crippen MR) is 103 cm³/mol. The summed E-state index contributed by atoms with van der Waals surface area (Å²) in [6, 6.07) is 3.87. The fourth-order valence-corrected chi connectivity index (χ4v) is 3.83. The first-order valence-electron chi connectivity index (χ1n) is 9.53. The van der Waals surface area contributed by atoms with E-state index in [1.165, 1.54) is 0 Å². The van der Waals surface area contributed by atoms with Gasteiger partial charge in [-0.15, -0.1) is 0 Å². The minimum atomic E-state index is 0.0852. The van der Waals surface area contributed by atoms with Gasteiger partial charge in [-0.25, -0.2) is 9.97 Å². The van der Waals surface area contributed by atoms with Crippen LogP contribution in [0.25, 0.3) is 11.3 Å². The van der Waals surface area contributed by atoms with Gasteiger partial charge in [-0.3, -0.25) is 9.48 Å². The molecule has 0 aromatic carbocycles. The molecule has 0 radical (unpaired) electrons. The molecule has 8 nitrogen and oxygen atoms in total. The standard InChI is InChI=1S/C20H24N6O2/c1-13-7-15(3)26(23-13)11-19(27)25-6-4-5-16(10-25)20-17(9-21-12-22-20)18-8-14(2)24-28-18/h7-9,12,16H,4-6,10-11H2,1-3H3. The Hall–Kier alpha value is -3.03. The smallest absolute Gasteiger partial charge is 0.244 e. The number of aromatic nitrogens is 5. The summed E-state index contributed by atoms with van der Waals surface area (Å²) in [7, 11) is 0. The van der Waals surface area contributed by atoms with Crippen molar-refractivity contribution in [3.8, 4) is 11.3 Å². The van der Waals surface area contributed by atoms with Gasteiger partial charge in [0.25, 0.3) is 0 Å². The first-order valence-corrected chi connectivity index (χ1v) is 9.53. The van der Waals surface area contributed by atoms with Crippen LogP contribution in [-0.4, -0.2) is 48.8 Å². The van der Waals surface area contributed by atoms with Gasteiger partial charge in [-0.05, 0) is 39.7 Å². The highest BCUT2D eigenvalue weighted by Crippen LogP contribution is 2.33. The van der Waals surface area contributed by atoms with Crippen LogP contribution in [0.2, 0.25) is 0 Å². The molecule has 1 saturated heterocycles. The minimum absolute atomic E-state index is 0.0852. The maximum absolute atomic E-state index is 12.9. The van der Waals surface area contributed by atoms with Gasteiger partial charge in [0.05, 0.1) is 22.6 Å². The number of rotatable bonds is 4. The van der Waals surface area contributed by atoms with Gasteiger partial charge in [0, 0.05) is 37.0 Å². The monoisotopic (exact) mass is 380 g/mol. The number of likely N-dealkylation sites (tertiary alicyclic amines) is 1. The second kappa shape index (κ2) is 7.53. The van der Waals surface area contributed by atoms with Gasteiger partial charge in [-0.2, -0.15) is 5.10 Å². The molecule has 1 unspecified atom stereocenters. The van der Waals surface area contributed by atoms with E-state index in [0.29, 0.717) is 12.3 Å². The molecule has 4 rings (SSSR count). The predicted octanol–water partition coefficient (Wildman–Crippen LogP) is 2.66. The Morgan fingerprint density at radius 3 is 2.82 bits per heavy atom. The van der Waals surface area contributed by atoms with Crippen molar-refractivity contribution in [1.29, 1.82) is 0 Å². The average molecular weight is 380 g/mol. The summed E-state index contributed by atoms with van der Waals surface area (Å²) in [6.07, 6.45) is 5.23. The van der Waals surface area contributed by atoms with Crippen LogP contribution in [0.4, 0.5) is 0 Å². The van der Waals surface area contributed by atoms with E-state index in [0.717, 1.165) is 47.7 Å². The van der Waals surface area contributed by atoms with E-state index < -0.39 is 0 Å². The van der Waals surface area contributed by atoms with Crippen LogP contribution in [-0.2, 0) is 11.3 Å². The molecule has 0 spiro atoms. The summed E-state index contributed by atoms with van der Waals surface area (Å²) in [6.45, 7) is 7.46. The first kappa shape index (κ1) is 18.3. The van der Waals surface area contributed by atoms with Crippen LogP contribution >= 0.6 is 0 Å². The van der Waals surface area contributed by atoms with Crippen LogP contribution in [0.5, 0.6) is 0 Å². The molecule has 0 bridgehead atoms. The zero-order chi connectivity index (χ0) is 19.7. The topological polar surface area (TPSA) is 89.9 Å². The molecular formula is C20H24N6O2. The number of piperidine rings is 1. The highest BCUT2D eigenvalue weighted by Gasteiger charge is 2.28. The van der Waals surface area contributed by atoms with E-state index in [4.69, 9.17) is 4.52 Å². The van der Waals surface area contributed by atoms with E-state index in [9.17, 15) is 4.79 Å². The molecule has 146 valence electrons. The Balaban J connectivity index is 1.53. The molecule has 3 aromatic rings. The van der Waals surface area contributed by atoms with Crippen LogP contribution in [0, 0.1) is 20.8 Å². The van der Waals surface area contributed by atoms with Crippen LogP contribution in [0.3, 0.4) is 0 Å². The molecule has 0 N–H and O–H groups in total. The van der Waals surface area contributed by atoms with Crippen molar-refractivity contribution < 1.29 is 9.32 Å². The Morgan fingerprint density at radius 2 is 2.11 bits per heavy atom.